The largest absolute Gasteiger partial charge is 0.356 e. The number of aryl methyl sites for hydroxylation is 1. The van der Waals surface area contributed by atoms with Crippen LogP contribution in [0.4, 0.5) is 22.7 Å². The van der Waals surface area contributed by atoms with Crippen LogP contribution in [0.3, 0.4) is 0 Å². The molecule has 1 heterocycles. The van der Waals surface area contributed by atoms with Gasteiger partial charge in [0.1, 0.15) is 0 Å². The first-order valence-electron chi connectivity index (χ1n) is 12.0. The Morgan fingerprint density at radius 3 is 1.89 bits per heavy atom. The summed E-state index contributed by atoms with van der Waals surface area (Å²) < 4.78 is 0. The van der Waals surface area contributed by atoms with E-state index in [1.165, 1.54) is 32.0 Å². The summed E-state index contributed by atoms with van der Waals surface area (Å²) in [6.45, 7) is 2.19. The quantitative estimate of drug-likeness (QED) is 0.298. The van der Waals surface area contributed by atoms with E-state index in [2.05, 4.69) is 128 Å². The van der Waals surface area contributed by atoms with E-state index in [-0.39, 0.29) is 0 Å². The topological polar surface area (TPSA) is 24.1 Å². The molecular weight excluding hydrogens is 439 g/mol. The van der Waals surface area contributed by atoms with Gasteiger partial charge >= 0.3 is 0 Å². The van der Waals surface area contributed by atoms with E-state index < -0.39 is 8.80 Å². The van der Waals surface area contributed by atoms with Crippen LogP contribution in [0.25, 0.3) is 0 Å². The Morgan fingerprint density at radius 1 is 0.600 bits per heavy atom. The Morgan fingerprint density at radius 2 is 1.23 bits per heavy atom. The smallest absolute Gasteiger partial charge is 0.197 e. The number of anilines is 4. The number of fused-ring (bicyclic) bond motifs is 2. The van der Waals surface area contributed by atoms with Crippen molar-refractivity contribution in [2.75, 3.05) is 10.6 Å². The molecule has 0 spiro atoms. The minimum Gasteiger partial charge on any atom is -0.356 e. The van der Waals surface area contributed by atoms with E-state index in [9.17, 15) is 0 Å². The van der Waals surface area contributed by atoms with Crippen LogP contribution in [0, 0.1) is 6.92 Å². The number of hydrogen-bond acceptors (Lipinski definition) is 2. The molecule has 5 aromatic rings. The molecule has 0 unspecified atom stereocenters. The summed E-state index contributed by atoms with van der Waals surface area (Å²) in [5.74, 6) is 0. The fourth-order valence-corrected chi connectivity index (χ4v) is 7.42. The molecule has 0 aliphatic carbocycles. The predicted molar refractivity (Wildman–Crippen MR) is 153 cm³/mol. The summed E-state index contributed by atoms with van der Waals surface area (Å²) in [5, 5.41) is 11.4. The molecule has 2 nitrogen and oxygen atoms in total. The van der Waals surface area contributed by atoms with Crippen LogP contribution in [0.2, 0.25) is 0 Å². The monoisotopic (exact) mass is 464 g/mol. The second-order valence-corrected chi connectivity index (χ2v) is 11.4. The van der Waals surface area contributed by atoms with Gasteiger partial charge in [-0.05, 0) is 37.3 Å². The SMILES string of the molecule is Cc1cc(Nc2ccccc2)cc2c1[B]c1cc([Si](c3ccccc3)c3ccccc3)ccc1N2. The van der Waals surface area contributed by atoms with Crippen LogP contribution >= 0.6 is 0 Å². The Balaban J connectivity index is 1.35. The van der Waals surface area contributed by atoms with Crippen molar-refractivity contribution in [3.63, 3.8) is 0 Å². The maximum atomic E-state index is 3.69. The van der Waals surface area contributed by atoms with Crippen molar-refractivity contribution < 1.29 is 0 Å². The number of nitrogens with one attached hydrogen (secondary N) is 2. The average Bonchev–Trinajstić information content (AvgIpc) is 2.90. The standard InChI is InChI=1S/C31H25BN2Si/c1-22-19-24(33-23-11-5-2-6-12-23)20-30-31(22)32-28-21-27(17-18-29(28)34-30)35(25-13-7-3-8-14-25)26-15-9-4-10-16-26/h2-21,33-34H,1H3. The van der Waals surface area contributed by atoms with Crippen molar-refractivity contribution in [3.05, 3.63) is 127 Å². The second kappa shape index (κ2) is 9.32. The summed E-state index contributed by atoms with van der Waals surface area (Å²) in [5.41, 5.74) is 8.22. The van der Waals surface area contributed by atoms with Crippen LogP contribution in [-0.4, -0.2) is 16.1 Å². The highest BCUT2D eigenvalue weighted by atomic mass is 28.3. The van der Waals surface area contributed by atoms with Crippen molar-refractivity contribution in [2.45, 2.75) is 6.92 Å². The molecule has 2 N–H and O–H groups in total. The van der Waals surface area contributed by atoms with E-state index in [1.54, 1.807) is 0 Å². The summed E-state index contributed by atoms with van der Waals surface area (Å²) in [7, 11) is 1.24. The second-order valence-electron chi connectivity index (χ2n) is 8.92. The van der Waals surface area contributed by atoms with E-state index in [0.29, 0.717) is 0 Å². The normalized spacial score (nSPS) is 11.7. The zero-order valence-electron chi connectivity index (χ0n) is 19.6. The van der Waals surface area contributed by atoms with Gasteiger partial charge in [0.05, 0.1) is 0 Å². The minimum atomic E-state index is -1.10. The van der Waals surface area contributed by atoms with Crippen molar-refractivity contribution >= 4 is 65.3 Å². The lowest BCUT2D eigenvalue weighted by atomic mass is 9.59. The third kappa shape index (κ3) is 4.41. The van der Waals surface area contributed by atoms with Gasteiger partial charge in [-0.15, -0.1) is 0 Å². The molecule has 1 aliphatic heterocycles. The third-order valence-corrected chi connectivity index (χ3v) is 9.19. The van der Waals surface area contributed by atoms with E-state index in [0.717, 1.165) is 22.7 Å². The molecule has 0 atom stereocenters. The highest BCUT2D eigenvalue weighted by molar-refractivity contribution is 6.95. The molecule has 0 amide bonds. The highest BCUT2D eigenvalue weighted by Gasteiger charge is 2.23. The Kier molecular flexibility index (Phi) is 5.73. The van der Waals surface area contributed by atoms with Gasteiger partial charge in [0.25, 0.3) is 0 Å². The molecule has 2 radical (unpaired) electrons. The fraction of sp³-hybridized carbons (Fsp3) is 0.0323. The molecule has 0 fully saturated rings. The van der Waals surface area contributed by atoms with Gasteiger partial charge in [-0.3, -0.25) is 0 Å². The lowest BCUT2D eigenvalue weighted by Gasteiger charge is -2.26. The predicted octanol–water partition coefficient (Wildman–Crippen LogP) is 3.97. The summed E-state index contributed by atoms with van der Waals surface area (Å²) in [6.07, 6.45) is 0. The maximum Gasteiger partial charge on any atom is 0.197 e. The highest BCUT2D eigenvalue weighted by Crippen LogP contribution is 2.25. The molecule has 0 aromatic heterocycles. The van der Waals surface area contributed by atoms with Crippen molar-refractivity contribution in [1.29, 1.82) is 0 Å². The first-order valence-corrected chi connectivity index (χ1v) is 13.5. The van der Waals surface area contributed by atoms with Crippen molar-refractivity contribution in [1.82, 2.24) is 0 Å². The summed E-state index contributed by atoms with van der Waals surface area (Å²) >= 11 is 0. The van der Waals surface area contributed by atoms with Crippen LogP contribution < -0.4 is 37.1 Å². The van der Waals surface area contributed by atoms with E-state index in [1.807, 2.05) is 18.2 Å². The Hall–Kier alpha value is -4.02. The minimum absolute atomic E-state index is 1.09. The number of benzene rings is 5. The molecule has 4 heteroatoms. The van der Waals surface area contributed by atoms with Gasteiger partial charge < -0.3 is 10.6 Å². The van der Waals surface area contributed by atoms with Gasteiger partial charge in [0.2, 0.25) is 0 Å². The fourth-order valence-electron chi connectivity index (χ4n) is 4.82. The van der Waals surface area contributed by atoms with Gasteiger partial charge in [-0.2, -0.15) is 0 Å². The van der Waals surface area contributed by atoms with Crippen LogP contribution in [0.1, 0.15) is 5.56 Å². The zero-order valence-corrected chi connectivity index (χ0v) is 20.6. The van der Waals surface area contributed by atoms with E-state index >= 15 is 0 Å². The third-order valence-electron chi connectivity index (χ3n) is 6.48. The number of para-hydroxylation sites is 1. The molecule has 1 aliphatic rings. The van der Waals surface area contributed by atoms with Gasteiger partial charge in [-0.1, -0.05) is 123 Å². The van der Waals surface area contributed by atoms with Gasteiger partial charge in [-0.25, -0.2) is 0 Å². The maximum absolute atomic E-state index is 3.69. The number of hydrogen-bond donors (Lipinski definition) is 2. The molecule has 166 valence electrons. The van der Waals surface area contributed by atoms with Gasteiger partial charge in [0.15, 0.2) is 16.1 Å². The lowest BCUT2D eigenvalue weighted by Crippen LogP contribution is -2.53. The average molecular weight is 464 g/mol. The van der Waals surface area contributed by atoms with E-state index in [4.69, 9.17) is 0 Å². The van der Waals surface area contributed by atoms with Crippen LogP contribution in [-0.2, 0) is 0 Å². The van der Waals surface area contributed by atoms with Crippen molar-refractivity contribution in [3.8, 4) is 0 Å². The Bertz CT molecular complexity index is 1430. The molecule has 0 bridgehead atoms. The van der Waals surface area contributed by atoms with Crippen LogP contribution in [0.15, 0.2) is 121 Å². The Labute approximate surface area is 209 Å². The molecule has 5 aromatic carbocycles. The van der Waals surface area contributed by atoms with Crippen molar-refractivity contribution in [2.24, 2.45) is 0 Å². The first kappa shape index (κ1) is 21.5. The molecule has 0 saturated heterocycles. The zero-order chi connectivity index (χ0) is 23.6. The number of rotatable bonds is 5. The molecule has 35 heavy (non-hydrogen) atoms. The first-order chi connectivity index (χ1) is 17.2. The van der Waals surface area contributed by atoms with Gasteiger partial charge in [0, 0.05) is 22.7 Å². The lowest BCUT2D eigenvalue weighted by molar-refractivity contribution is 1.46. The molecule has 6 rings (SSSR count). The van der Waals surface area contributed by atoms with Crippen LogP contribution in [0.5, 0.6) is 0 Å². The summed E-state index contributed by atoms with van der Waals surface area (Å²) in [4.78, 5) is 0. The summed E-state index contributed by atoms with van der Waals surface area (Å²) in [6, 6.07) is 43.5. The molecule has 0 saturated carbocycles. The molecular formula is C31H25BN2Si.